The van der Waals surface area contributed by atoms with Crippen LogP contribution in [0.25, 0.3) is 0 Å². The Morgan fingerprint density at radius 3 is 2.42 bits per heavy atom. The molecule has 3 aliphatic rings. The highest BCUT2D eigenvalue weighted by atomic mass is 79.9. The molecule has 0 heterocycles. The van der Waals surface area contributed by atoms with Gasteiger partial charge in [0.25, 0.3) is 0 Å². The maximum absolute atomic E-state index is 4.02. The van der Waals surface area contributed by atoms with Gasteiger partial charge in [0.1, 0.15) is 0 Å². The Kier molecular flexibility index (Phi) is 2.85. The van der Waals surface area contributed by atoms with Crippen LogP contribution in [0, 0.1) is 43.4 Å². The van der Waals surface area contributed by atoms with E-state index >= 15 is 0 Å². The molecule has 1 aromatic rings. The quantitative estimate of drug-likeness (QED) is 0.695. The second-order valence-corrected chi connectivity index (χ2v) is 8.38. The molecule has 19 heavy (non-hydrogen) atoms. The molecule has 0 saturated heterocycles. The highest BCUT2D eigenvalue weighted by molar-refractivity contribution is 9.09. The summed E-state index contributed by atoms with van der Waals surface area (Å²) in [7, 11) is 0. The molecule has 2 bridgehead atoms. The van der Waals surface area contributed by atoms with Gasteiger partial charge in [-0.05, 0) is 85.8 Å². The third-order valence-corrected chi connectivity index (χ3v) is 7.15. The maximum atomic E-state index is 4.02. The van der Waals surface area contributed by atoms with E-state index in [1.54, 1.807) is 6.42 Å². The van der Waals surface area contributed by atoms with E-state index in [2.05, 4.69) is 48.0 Å². The first-order valence-corrected chi connectivity index (χ1v) is 8.77. The first-order valence-electron chi connectivity index (χ1n) is 7.85. The number of aryl methyl sites for hydroxylation is 2. The lowest BCUT2D eigenvalue weighted by molar-refractivity contribution is 0.455. The third kappa shape index (κ3) is 1.92. The van der Waals surface area contributed by atoms with Crippen LogP contribution in [0.4, 0.5) is 0 Å². The summed E-state index contributed by atoms with van der Waals surface area (Å²) in [6.45, 7) is 4.43. The van der Waals surface area contributed by atoms with Crippen molar-refractivity contribution in [2.24, 2.45) is 29.6 Å². The molecule has 1 aromatic carbocycles. The second-order valence-electron chi connectivity index (χ2n) is 7.20. The molecule has 3 saturated carbocycles. The van der Waals surface area contributed by atoms with Gasteiger partial charge in [-0.25, -0.2) is 0 Å². The van der Waals surface area contributed by atoms with Crippen LogP contribution in [0.15, 0.2) is 18.2 Å². The summed E-state index contributed by atoms with van der Waals surface area (Å²) in [5.74, 6) is 5.37. The molecule has 0 spiro atoms. The van der Waals surface area contributed by atoms with Gasteiger partial charge in [0.05, 0.1) is 0 Å². The molecule has 1 heteroatoms. The van der Waals surface area contributed by atoms with Gasteiger partial charge >= 0.3 is 0 Å². The van der Waals surface area contributed by atoms with Crippen molar-refractivity contribution in [3.8, 4) is 0 Å². The van der Waals surface area contributed by atoms with Gasteiger partial charge in [0.2, 0.25) is 0 Å². The van der Waals surface area contributed by atoms with E-state index in [1.807, 2.05) is 0 Å². The standard InChI is InChI=1S/C18H23Br/c1-10-3-4-12(7-11(10)2)8-15(19)18-16-13-5-6-14(9-13)17(16)18/h3-4,7,13-18H,5-6,8-9H2,1-2H3. The van der Waals surface area contributed by atoms with Gasteiger partial charge < -0.3 is 0 Å². The lowest BCUT2D eigenvalue weighted by atomic mass is 9.96. The molecule has 0 N–H and O–H groups in total. The van der Waals surface area contributed by atoms with Gasteiger partial charge in [-0.15, -0.1) is 0 Å². The average Bonchev–Trinajstić information content (AvgIpc) is 2.83. The molecule has 3 aliphatic carbocycles. The van der Waals surface area contributed by atoms with Crippen LogP contribution in [-0.2, 0) is 6.42 Å². The average molecular weight is 319 g/mol. The maximum Gasteiger partial charge on any atom is 0.0220 e. The van der Waals surface area contributed by atoms with E-state index in [0.717, 1.165) is 29.6 Å². The van der Waals surface area contributed by atoms with Gasteiger partial charge in [-0.3, -0.25) is 0 Å². The number of hydrogen-bond donors (Lipinski definition) is 0. The first kappa shape index (κ1) is 12.4. The smallest absolute Gasteiger partial charge is 0.0220 e. The number of halogens is 1. The number of rotatable bonds is 3. The van der Waals surface area contributed by atoms with Crippen LogP contribution in [0.1, 0.15) is 36.0 Å². The summed E-state index contributed by atoms with van der Waals surface area (Å²) in [6.07, 6.45) is 5.85. The van der Waals surface area contributed by atoms with E-state index in [0.29, 0.717) is 4.83 Å². The molecule has 5 atom stereocenters. The van der Waals surface area contributed by atoms with Crippen LogP contribution in [0.5, 0.6) is 0 Å². The number of hydrogen-bond acceptors (Lipinski definition) is 0. The van der Waals surface area contributed by atoms with Crippen molar-refractivity contribution in [2.75, 3.05) is 0 Å². The third-order valence-electron chi connectivity index (χ3n) is 6.21. The highest BCUT2D eigenvalue weighted by Crippen LogP contribution is 2.71. The van der Waals surface area contributed by atoms with Crippen LogP contribution < -0.4 is 0 Å². The lowest BCUT2D eigenvalue weighted by Crippen LogP contribution is -2.12. The Bertz CT molecular complexity index is 490. The fourth-order valence-electron chi connectivity index (χ4n) is 5.17. The molecule has 0 nitrogen and oxygen atoms in total. The van der Waals surface area contributed by atoms with E-state index in [1.165, 1.54) is 36.0 Å². The Morgan fingerprint density at radius 2 is 1.79 bits per heavy atom. The minimum Gasteiger partial charge on any atom is -0.0884 e. The zero-order valence-corrected chi connectivity index (χ0v) is 13.5. The lowest BCUT2D eigenvalue weighted by Gasteiger charge is -2.15. The number of benzene rings is 1. The SMILES string of the molecule is Cc1ccc(CC(Br)C2C3C4CCC(C4)C23)cc1C. The monoisotopic (exact) mass is 318 g/mol. The summed E-state index contributed by atoms with van der Waals surface area (Å²) < 4.78 is 0. The molecule has 4 rings (SSSR count). The topological polar surface area (TPSA) is 0 Å². The van der Waals surface area contributed by atoms with E-state index in [9.17, 15) is 0 Å². The number of fused-ring (bicyclic) bond motifs is 5. The normalized spacial score (nSPS) is 40.3. The van der Waals surface area contributed by atoms with E-state index in [-0.39, 0.29) is 0 Å². The molecule has 3 fully saturated rings. The minimum absolute atomic E-state index is 0.716. The Balaban J connectivity index is 1.45. The van der Waals surface area contributed by atoms with Gasteiger partial charge in [-0.1, -0.05) is 34.1 Å². The molecule has 0 aliphatic heterocycles. The molecule has 0 aromatic heterocycles. The Hall–Kier alpha value is -0.300. The highest BCUT2D eigenvalue weighted by Gasteiger charge is 2.66. The van der Waals surface area contributed by atoms with E-state index < -0.39 is 0 Å². The van der Waals surface area contributed by atoms with Crippen molar-refractivity contribution in [3.05, 3.63) is 34.9 Å². The minimum atomic E-state index is 0.716. The summed E-state index contributed by atoms with van der Waals surface area (Å²) in [5, 5.41) is 0. The van der Waals surface area contributed by atoms with Gasteiger partial charge in [0, 0.05) is 4.83 Å². The Morgan fingerprint density at radius 1 is 1.11 bits per heavy atom. The van der Waals surface area contributed by atoms with Gasteiger partial charge in [-0.2, -0.15) is 0 Å². The second kappa shape index (κ2) is 4.35. The van der Waals surface area contributed by atoms with Crippen molar-refractivity contribution in [3.63, 3.8) is 0 Å². The fourth-order valence-corrected chi connectivity index (χ4v) is 6.25. The molecular formula is C18H23Br. The van der Waals surface area contributed by atoms with Crippen molar-refractivity contribution < 1.29 is 0 Å². The first-order chi connectivity index (χ1) is 9.15. The molecule has 5 unspecified atom stereocenters. The van der Waals surface area contributed by atoms with E-state index in [4.69, 9.17) is 0 Å². The molecule has 0 amide bonds. The summed E-state index contributed by atoms with van der Waals surface area (Å²) in [4.78, 5) is 0.716. The number of alkyl halides is 1. The van der Waals surface area contributed by atoms with Crippen LogP contribution >= 0.6 is 15.9 Å². The van der Waals surface area contributed by atoms with Crippen molar-refractivity contribution in [1.82, 2.24) is 0 Å². The molecule has 0 radical (unpaired) electrons. The summed E-state index contributed by atoms with van der Waals surface area (Å²) in [5.41, 5.74) is 4.37. The van der Waals surface area contributed by atoms with Crippen LogP contribution in [-0.4, -0.2) is 4.83 Å². The van der Waals surface area contributed by atoms with Crippen LogP contribution in [0.3, 0.4) is 0 Å². The van der Waals surface area contributed by atoms with Crippen LogP contribution in [0.2, 0.25) is 0 Å². The summed E-state index contributed by atoms with van der Waals surface area (Å²) in [6, 6.07) is 6.99. The predicted octanol–water partition coefficient (Wildman–Crippen LogP) is 4.90. The molecule has 102 valence electrons. The fraction of sp³-hybridized carbons (Fsp3) is 0.667. The van der Waals surface area contributed by atoms with Crippen molar-refractivity contribution >= 4 is 15.9 Å². The van der Waals surface area contributed by atoms with Crippen molar-refractivity contribution in [1.29, 1.82) is 0 Å². The zero-order chi connectivity index (χ0) is 13.1. The van der Waals surface area contributed by atoms with Crippen molar-refractivity contribution in [2.45, 2.75) is 44.4 Å². The largest absolute Gasteiger partial charge is 0.0884 e. The predicted molar refractivity (Wildman–Crippen MR) is 83.6 cm³/mol. The molecular weight excluding hydrogens is 296 g/mol. The van der Waals surface area contributed by atoms with Gasteiger partial charge in [0.15, 0.2) is 0 Å². The summed E-state index contributed by atoms with van der Waals surface area (Å²) >= 11 is 4.02. The zero-order valence-electron chi connectivity index (χ0n) is 11.9. The Labute approximate surface area is 125 Å².